The van der Waals surface area contributed by atoms with Gasteiger partial charge in [0.1, 0.15) is 5.75 Å². The Morgan fingerprint density at radius 2 is 2.04 bits per heavy atom. The van der Waals surface area contributed by atoms with Gasteiger partial charge in [-0.3, -0.25) is 4.79 Å². The van der Waals surface area contributed by atoms with Crippen molar-refractivity contribution < 1.29 is 14.6 Å². The van der Waals surface area contributed by atoms with Crippen LogP contribution in [0.4, 0.5) is 0 Å². The van der Waals surface area contributed by atoms with Gasteiger partial charge in [0.25, 0.3) is 0 Å². The summed E-state index contributed by atoms with van der Waals surface area (Å²) in [6.45, 7) is 2.72. The van der Waals surface area contributed by atoms with E-state index >= 15 is 0 Å². The second kappa shape index (κ2) is 6.93. The number of likely N-dealkylation sites (tertiary alicyclic amines) is 1. The molecule has 0 spiro atoms. The Balaban J connectivity index is 1.62. The van der Waals surface area contributed by atoms with E-state index in [1.54, 1.807) is 13.2 Å². The topological polar surface area (TPSA) is 49.8 Å². The van der Waals surface area contributed by atoms with Gasteiger partial charge in [-0.1, -0.05) is 17.7 Å². The predicted octanol–water partition coefficient (Wildman–Crippen LogP) is 3.43. The number of carbonyl (C=O) groups excluding carboxylic acids is 1. The smallest absolute Gasteiger partial charge is 0.226 e. The van der Waals surface area contributed by atoms with E-state index in [1.165, 1.54) is 0 Å². The Hall–Kier alpha value is -1.26. The molecule has 1 aromatic rings. The lowest BCUT2D eigenvalue weighted by Crippen LogP contribution is -2.43. The third-order valence-corrected chi connectivity index (χ3v) is 5.90. The fourth-order valence-corrected chi connectivity index (χ4v) is 4.18. The molecule has 1 aliphatic carbocycles. The third kappa shape index (κ3) is 3.70. The average Bonchev–Trinajstić information content (AvgIpc) is 2.90. The molecule has 0 aromatic heterocycles. The number of benzene rings is 1. The number of halogens is 1. The lowest BCUT2D eigenvalue weighted by Gasteiger charge is -2.37. The number of ether oxygens (including phenoxy) is 1. The maximum absolute atomic E-state index is 12.8. The molecular weight excluding hydrogens is 326 g/mol. The number of amides is 1. The number of rotatable bonds is 4. The monoisotopic (exact) mass is 351 g/mol. The van der Waals surface area contributed by atoms with Crippen LogP contribution in [0.1, 0.15) is 44.6 Å². The van der Waals surface area contributed by atoms with Crippen LogP contribution in [0.15, 0.2) is 18.2 Å². The second-order valence-corrected chi connectivity index (χ2v) is 7.81. The van der Waals surface area contributed by atoms with Crippen LogP contribution in [-0.2, 0) is 11.2 Å². The predicted molar refractivity (Wildman–Crippen MR) is 94.4 cm³/mol. The normalized spacial score (nSPS) is 30.7. The maximum Gasteiger partial charge on any atom is 0.226 e. The van der Waals surface area contributed by atoms with Gasteiger partial charge in [-0.25, -0.2) is 0 Å². The van der Waals surface area contributed by atoms with Gasteiger partial charge in [-0.2, -0.15) is 0 Å². The Labute approximate surface area is 148 Å². The lowest BCUT2D eigenvalue weighted by atomic mass is 9.83. The Morgan fingerprint density at radius 1 is 1.33 bits per heavy atom. The summed E-state index contributed by atoms with van der Waals surface area (Å²) in [5.74, 6) is 0.990. The largest absolute Gasteiger partial charge is 0.497 e. The molecule has 24 heavy (non-hydrogen) atoms. The third-order valence-electron chi connectivity index (χ3n) is 5.55. The highest BCUT2D eigenvalue weighted by Gasteiger charge is 2.39. The first kappa shape index (κ1) is 17.6. The molecule has 5 heteroatoms. The molecule has 0 radical (unpaired) electrons. The highest BCUT2D eigenvalue weighted by molar-refractivity contribution is 6.31. The van der Waals surface area contributed by atoms with Crippen LogP contribution in [0.2, 0.25) is 5.02 Å². The lowest BCUT2D eigenvalue weighted by molar-refractivity contribution is -0.134. The summed E-state index contributed by atoms with van der Waals surface area (Å²) in [6, 6.07) is 5.93. The van der Waals surface area contributed by atoms with E-state index in [9.17, 15) is 9.90 Å². The minimum atomic E-state index is -0.560. The van der Waals surface area contributed by atoms with E-state index in [1.807, 2.05) is 24.0 Å². The van der Waals surface area contributed by atoms with E-state index < -0.39 is 5.60 Å². The Bertz CT molecular complexity index is 607. The first-order chi connectivity index (χ1) is 11.4. The van der Waals surface area contributed by atoms with Crippen LogP contribution < -0.4 is 4.74 Å². The molecule has 1 saturated carbocycles. The quantitative estimate of drug-likeness (QED) is 0.904. The van der Waals surface area contributed by atoms with Gasteiger partial charge in [-0.15, -0.1) is 0 Å². The SMILES string of the molecule is COc1ccc(CC2CCN(C3CCC(C)(O)CC3)C2=O)c(Cl)c1. The molecular formula is C19H26ClNO3. The summed E-state index contributed by atoms with van der Waals surface area (Å²) in [4.78, 5) is 14.8. The van der Waals surface area contributed by atoms with Crippen molar-refractivity contribution in [2.45, 2.75) is 57.1 Å². The summed E-state index contributed by atoms with van der Waals surface area (Å²) < 4.78 is 5.17. The van der Waals surface area contributed by atoms with E-state index in [-0.39, 0.29) is 17.9 Å². The number of hydrogen-bond donors (Lipinski definition) is 1. The molecule has 1 N–H and O–H groups in total. The van der Waals surface area contributed by atoms with Gasteiger partial charge in [0, 0.05) is 23.5 Å². The van der Waals surface area contributed by atoms with E-state index in [0.29, 0.717) is 11.4 Å². The van der Waals surface area contributed by atoms with Crippen LogP contribution in [0.3, 0.4) is 0 Å². The molecule has 2 fully saturated rings. The summed E-state index contributed by atoms with van der Waals surface area (Å²) in [5, 5.41) is 10.8. The molecule has 1 amide bonds. The van der Waals surface area contributed by atoms with Gasteiger partial charge in [0.15, 0.2) is 0 Å². The molecule has 1 aliphatic heterocycles. The molecule has 0 bridgehead atoms. The van der Waals surface area contributed by atoms with Gasteiger partial charge in [0.2, 0.25) is 5.91 Å². The zero-order valence-electron chi connectivity index (χ0n) is 14.4. The minimum absolute atomic E-state index is 0.0123. The molecule has 1 heterocycles. The number of hydrogen-bond acceptors (Lipinski definition) is 3. The van der Waals surface area contributed by atoms with Crippen LogP contribution in [0.25, 0.3) is 0 Å². The second-order valence-electron chi connectivity index (χ2n) is 7.41. The van der Waals surface area contributed by atoms with Crippen molar-refractivity contribution in [3.05, 3.63) is 28.8 Å². The molecule has 1 saturated heterocycles. The van der Waals surface area contributed by atoms with Crippen molar-refractivity contribution in [3.8, 4) is 5.75 Å². The number of methoxy groups -OCH3 is 1. The number of nitrogens with zero attached hydrogens (tertiary/aromatic N) is 1. The molecule has 3 rings (SSSR count). The van der Waals surface area contributed by atoms with E-state index in [2.05, 4.69) is 0 Å². The molecule has 1 unspecified atom stereocenters. The highest BCUT2D eigenvalue weighted by Crippen LogP contribution is 2.35. The van der Waals surface area contributed by atoms with Crippen LogP contribution >= 0.6 is 11.6 Å². The minimum Gasteiger partial charge on any atom is -0.497 e. The van der Waals surface area contributed by atoms with Gasteiger partial charge in [-0.05, 0) is 63.1 Å². The Morgan fingerprint density at radius 3 is 2.67 bits per heavy atom. The van der Waals surface area contributed by atoms with Crippen molar-refractivity contribution in [1.29, 1.82) is 0 Å². The molecule has 1 atom stereocenters. The summed E-state index contributed by atoms with van der Waals surface area (Å²) in [6.07, 6.45) is 4.91. The molecule has 2 aliphatic rings. The van der Waals surface area contributed by atoms with Gasteiger partial charge >= 0.3 is 0 Å². The van der Waals surface area contributed by atoms with Gasteiger partial charge in [0.05, 0.1) is 12.7 Å². The van der Waals surface area contributed by atoms with Crippen molar-refractivity contribution in [1.82, 2.24) is 4.90 Å². The fraction of sp³-hybridized carbons (Fsp3) is 0.632. The first-order valence-corrected chi connectivity index (χ1v) is 9.13. The van der Waals surface area contributed by atoms with Crippen LogP contribution in [0, 0.1) is 5.92 Å². The molecule has 4 nitrogen and oxygen atoms in total. The van der Waals surface area contributed by atoms with Crippen molar-refractivity contribution >= 4 is 17.5 Å². The zero-order valence-corrected chi connectivity index (χ0v) is 15.2. The average molecular weight is 352 g/mol. The van der Waals surface area contributed by atoms with Crippen LogP contribution in [-0.4, -0.2) is 41.2 Å². The fourth-order valence-electron chi connectivity index (χ4n) is 3.94. The van der Waals surface area contributed by atoms with Crippen molar-refractivity contribution in [3.63, 3.8) is 0 Å². The zero-order chi connectivity index (χ0) is 17.3. The van der Waals surface area contributed by atoms with E-state index in [4.69, 9.17) is 16.3 Å². The Kier molecular flexibility index (Phi) is 5.07. The first-order valence-electron chi connectivity index (χ1n) is 8.75. The van der Waals surface area contributed by atoms with Crippen molar-refractivity contribution in [2.24, 2.45) is 5.92 Å². The summed E-state index contributed by atoms with van der Waals surface area (Å²) in [7, 11) is 1.62. The maximum atomic E-state index is 12.8. The molecule has 1 aromatic carbocycles. The number of carbonyl (C=O) groups is 1. The van der Waals surface area contributed by atoms with E-state index in [0.717, 1.165) is 50.0 Å². The molecule has 132 valence electrons. The van der Waals surface area contributed by atoms with Crippen LogP contribution in [0.5, 0.6) is 5.75 Å². The highest BCUT2D eigenvalue weighted by atomic mass is 35.5. The summed E-state index contributed by atoms with van der Waals surface area (Å²) in [5.41, 5.74) is 0.444. The summed E-state index contributed by atoms with van der Waals surface area (Å²) >= 11 is 6.32. The number of aliphatic hydroxyl groups is 1. The van der Waals surface area contributed by atoms with Gasteiger partial charge < -0.3 is 14.7 Å². The van der Waals surface area contributed by atoms with Crippen molar-refractivity contribution in [2.75, 3.05) is 13.7 Å². The standard InChI is InChI=1S/C19H26ClNO3/c1-19(23)8-5-15(6-9-19)21-10-7-14(18(21)22)11-13-3-4-16(24-2)12-17(13)20/h3-4,12,14-15,23H,5-11H2,1-2H3.